The number of aryl methyl sites for hydroxylation is 1. The summed E-state index contributed by atoms with van der Waals surface area (Å²) in [6.07, 6.45) is 2.91. The third-order valence-corrected chi connectivity index (χ3v) is 5.12. The first-order valence-corrected chi connectivity index (χ1v) is 8.67. The number of hydrogen-bond donors (Lipinski definition) is 2. The zero-order chi connectivity index (χ0) is 13.9. The summed E-state index contributed by atoms with van der Waals surface area (Å²) in [6, 6.07) is 9.01. The van der Waals surface area contributed by atoms with Gasteiger partial charge in [0.1, 0.15) is 0 Å². The SMILES string of the molecule is OC(CNC1CCc2cc(Br)ccc2C1)c1ccsc1. The molecule has 2 unspecified atom stereocenters. The van der Waals surface area contributed by atoms with Crippen LogP contribution in [0.2, 0.25) is 0 Å². The van der Waals surface area contributed by atoms with Gasteiger partial charge in [-0.1, -0.05) is 22.0 Å². The molecule has 0 spiro atoms. The summed E-state index contributed by atoms with van der Waals surface area (Å²) >= 11 is 5.16. The van der Waals surface area contributed by atoms with Gasteiger partial charge in [0.25, 0.3) is 0 Å². The Labute approximate surface area is 132 Å². The van der Waals surface area contributed by atoms with Crippen molar-refractivity contribution in [1.29, 1.82) is 0 Å². The van der Waals surface area contributed by atoms with E-state index in [0.29, 0.717) is 12.6 Å². The molecule has 0 saturated heterocycles. The number of benzene rings is 1. The molecule has 0 amide bonds. The number of rotatable bonds is 4. The molecule has 1 aromatic heterocycles. The molecule has 0 aliphatic heterocycles. The van der Waals surface area contributed by atoms with Crippen LogP contribution in [0.25, 0.3) is 0 Å². The van der Waals surface area contributed by atoms with Gasteiger partial charge in [0.15, 0.2) is 0 Å². The topological polar surface area (TPSA) is 32.3 Å². The molecule has 2 atom stereocenters. The predicted octanol–water partition coefficient (Wildman–Crippen LogP) is 3.69. The standard InChI is InChI=1S/C16H18BrNOS/c17-14-3-1-12-8-15(4-2-11(12)7-14)18-9-16(19)13-5-6-20-10-13/h1,3,5-7,10,15-16,18-19H,2,4,8-9H2. The van der Waals surface area contributed by atoms with Crippen LogP contribution in [0, 0.1) is 0 Å². The first-order chi connectivity index (χ1) is 9.72. The van der Waals surface area contributed by atoms with Gasteiger partial charge < -0.3 is 10.4 Å². The summed E-state index contributed by atoms with van der Waals surface area (Å²) in [5.74, 6) is 0. The molecule has 2 aromatic rings. The van der Waals surface area contributed by atoms with E-state index in [9.17, 15) is 5.11 Å². The molecule has 106 valence electrons. The van der Waals surface area contributed by atoms with Gasteiger partial charge >= 0.3 is 0 Å². The normalized spacial score (nSPS) is 19.6. The van der Waals surface area contributed by atoms with Crippen molar-refractivity contribution in [2.24, 2.45) is 0 Å². The van der Waals surface area contributed by atoms with Gasteiger partial charge in [0.2, 0.25) is 0 Å². The molecule has 4 heteroatoms. The minimum absolute atomic E-state index is 0.396. The second-order valence-electron chi connectivity index (χ2n) is 5.33. The van der Waals surface area contributed by atoms with Crippen LogP contribution in [-0.4, -0.2) is 17.7 Å². The average molecular weight is 352 g/mol. The lowest BCUT2D eigenvalue weighted by Crippen LogP contribution is -2.37. The molecule has 1 aliphatic rings. The maximum absolute atomic E-state index is 10.1. The van der Waals surface area contributed by atoms with Crippen LogP contribution in [0.1, 0.15) is 29.2 Å². The molecule has 0 bridgehead atoms. The highest BCUT2D eigenvalue weighted by Crippen LogP contribution is 2.25. The number of hydrogen-bond acceptors (Lipinski definition) is 3. The van der Waals surface area contributed by atoms with E-state index in [0.717, 1.165) is 29.3 Å². The van der Waals surface area contributed by atoms with Crippen molar-refractivity contribution in [2.45, 2.75) is 31.4 Å². The van der Waals surface area contributed by atoms with E-state index in [2.05, 4.69) is 39.4 Å². The third kappa shape index (κ3) is 3.31. The Hall–Kier alpha value is -0.680. The van der Waals surface area contributed by atoms with Crippen LogP contribution in [-0.2, 0) is 12.8 Å². The molecule has 1 aromatic carbocycles. The lowest BCUT2D eigenvalue weighted by molar-refractivity contribution is 0.168. The molecular formula is C16H18BrNOS. The Morgan fingerprint density at radius 1 is 1.35 bits per heavy atom. The van der Waals surface area contributed by atoms with Crippen molar-refractivity contribution >= 4 is 27.3 Å². The van der Waals surface area contributed by atoms with Crippen molar-refractivity contribution in [1.82, 2.24) is 5.32 Å². The fourth-order valence-corrected chi connectivity index (χ4v) is 3.87. The van der Waals surface area contributed by atoms with Gasteiger partial charge in [0.05, 0.1) is 6.10 Å². The van der Waals surface area contributed by atoms with E-state index in [4.69, 9.17) is 0 Å². The lowest BCUT2D eigenvalue weighted by atomic mass is 9.88. The van der Waals surface area contributed by atoms with Crippen molar-refractivity contribution in [3.8, 4) is 0 Å². The molecule has 0 fully saturated rings. The summed E-state index contributed by atoms with van der Waals surface area (Å²) in [4.78, 5) is 0. The molecular weight excluding hydrogens is 334 g/mol. The molecule has 0 saturated carbocycles. The maximum Gasteiger partial charge on any atom is 0.0922 e. The summed E-state index contributed by atoms with van der Waals surface area (Å²) in [5, 5.41) is 17.6. The summed E-state index contributed by atoms with van der Waals surface area (Å²) < 4.78 is 1.16. The quantitative estimate of drug-likeness (QED) is 0.880. The van der Waals surface area contributed by atoms with Crippen LogP contribution in [0.3, 0.4) is 0 Å². The van der Waals surface area contributed by atoms with Gasteiger partial charge in [0, 0.05) is 17.1 Å². The summed E-state index contributed by atoms with van der Waals surface area (Å²) in [7, 11) is 0. The van der Waals surface area contributed by atoms with Crippen LogP contribution in [0.4, 0.5) is 0 Å². The van der Waals surface area contributed by atoms with Crippen LogP contribution in [0.15, 0.2) is 39.5 Å². The van der Waals surface area contributed by atoms with E-state index in [1.165, 1.54) is 11.1 Å². The van der Waals surface area contributed by atoms with Crippen LogP contribution >= 0.6 is 27.3 Å². The van der Waals surface area contributed by atoms with E-state index in [1.807, 2.05) is 16.8 Å². The largest absolute Gasteiger partial charge is 0.387 e. The second-order valence-corrected chi connectivity index (χ2v) is 7.03. The smallest absolute Gasteiger partial charge is 0.0922 e. The van der Waals surface area contributed by atoms with E-state index >= 15 is 0 Å². The van der Waals surface area contributed by atoms with Gasteiger partial charge in [-0.15, -0.1) is 0 Å². The Balaban J connectivity index is 1.56. The minimum atomic E-state index is -0.396. The fourth-order valence-electron chi connectivity index (χ4n) is 2.76. The molecule has 20 heavy (non-hydrogen) atoms. The molecule has 3 rings (SSSR count). The lowest BCUT2D eigenvalue weighted by Gasteiger charge is -2.26. The van der Waals surface area contributed by atoms with Crippen LogP contribution < -0.4 is 5.32 Å². The van der Waals surface area contributed by atoms with Gasteiger partial charge in [-0.05, 0) is 64.9 Å². The van der Waals surface area contributed by atoms with Crippen molar-refractivity contribution in [2.75, 3.05) is 6.54 Å². The van der Waals surface area contributed by atoms with E-state index in [1.54, 1.807) is 11.3 Å². The van der Waals surface area contributed by atoms with Gasteiger partial charge in [-0.25, -0.2) is 0 Å². The molecule has 1 heterocycles. The zero-order valence-electron chi connectivity index (χ0n) is 11.2. The van der Waals surface area contributed by atoms with Gasteiger partial charge in [-0.3, -0.25) is 0 Å². The average Bonchev–Trinajstić information content (AvgIpc) is 2.99. The first kappa shape index (κ1) is 14.3. The summed E-state index contributed by atoms with van der Waals surface area (Å²) in [5.41, 5.74) is 3.90. The third-order valence-electron chi connectivity index (χ3n) is 3.92. The number of thiophene rings is 1. The van der Waals surface area contributed by atoms with Crippen molar-refractivity contribution < 1.29 is 5.11 Å². The van der Waals surface area contributed by atoms with E-state index < -0.39 is 6.10 Å². The number of aliphatic hydroxyl groups is 1. The van der Waals surface area contributed by atoms with Crippen molar-refractivity contribution in [3.63, 3.8) is 0 Å². The molecule has 2 nitrogen and oxygen atoms in total. The monoisotopic (exact) mass is 351 g/mol. The fraction of sp³-hybridized carbons (Fsp3) is 0.375. The number of fused-ring (bicyclic) bond motifs is 1. The van der Waals surface area contributed by atoms with Gasteiger partial charge in [-0.2, -0.15) is 11.3 Å². The first-order valence-electron chi connectivity index (χ1n) is 6.93. The van der Waals surface area contributed by atoms with E-state index in [-0.39, 0.29) is 0 Å². The Kier molecular flexibility index (Phi) is 4.56. The molecule has 1 aliphatic carbocycles. The highest BCUT2D eigenvalue weighted by atomic mass is 79.9. The minimum Gasteiger partial charge on any atom is -0.387 e. The molecule has 2 N–H and O–H groups in total. The Morgan fingerprint density at radius 3 is 3.05 bits per heavy atom. The van der Waals surface area contributed by atoms with Crippen molar-refractivity contribution in [3.05, 3.63) is 56.2 Å². The highest BCUT2D eigenvalue weighted by molar-refractivity contribution is 9.10. The number of halogens is 1. The second kappa shape index (κ2) is 6.39. The number of nitrogens with one attached hydrogen (secondary N) is 1. The maximum atomic E-state index is 10.1. The predicted molar refractivity (Wildman–Crippen MR) is 87.2 cm³/mol. The van der Waals surface area contributed by atoms with Crippen LogP contribution in [0.5, 0.6) is 0 Å². The number of aliphatic hydroxyl groups excluding tert-OH is 1. The Morgan fingerprint density at radius 2 is 2.25 bits per heavy atom. The Bertz CT molecular complexity index is 570. The highest BCUT2D eigenvalue weighted by Gasteiger charge is 2.19. The zero-order valence-corrected chi connectivity index (χ0v) is 13.6. The summed E-state index contributed by atoms with van der Waals surface area (Å²) in [6.45, 7) is 0.632. The molecule has 0 radical (unpaired) electrons.